The maximum Gasteiger partial charge on any atom is 0.255 e. The summed E-state index contributed by atoms with van der Waals surface area (Å²) >= 11 is 5.59. The Hall–Kier alpha value is -0.880. The summed E-state index contributed by atoms with van der Waals surface area (Å²) in [5.41, 5.74) is 1.86. The number of rotatable bonds is 3. The highest BCUT2D eigenvalue weighted by atomic mass is 127. The highest BCUT2D eigenvalue weighted by molar-refractivity contribution is 14.1. The Morgan fingerprint density at radius 1 is 1.21 bits per heavy atom. The minimum atomic E-state index is 0.0366. The van der Waals surface area contributed by atoms with Crippen LogP contribution in [0.3, 0.4) is 0 Å². The van der Waals surface area contributed by atoms with E-state index < -0.39 is 0 Å². The first-order valence-corrected chi connectivity index (χ1v) is 7.69. The van der Waals surface area contributed by atoms with E-state index in [-0.39, 0.29) is 5.91 Å². The quantitative estimate of drug-likeness (QED) is 0.665. The van der Waals surface area contributed by atoms with Gasteiger partial charge in [0.05, 0.1) is 5.56 Å². The number of carbonyl (C=O) groups excluding carboxylic acids is 1. The van der Waals surface area contributed by atoms with Crippen LogP contribution in [0.1, 0.15) is 15.9 Å². The van der Waals surface area contributed by atoms with Gasteiger partial charge in [0.1, 0.15) is 0 Å². The zero-order valence-electron chi connectivity index (χ0n) is 10.4. The molecule has 0 aliphatic carbocycles. The molecule has 0 fully saturated rings. The summed E-state index contributed by atoms with van der Waals surface area (Å²) < 4.78 is 1.88. The van der Waals surface area contributed by atoms with Crippen molar-refractivity contribution in [2.75, 3.05) is 7.05 Å². The number of nitrogens with zero attached hydrogens (tertiary/aromatic N) is 1. The Morgan fingerprint density at radius 2 is 1.89 bits per heavy atom. The largest absolute Gasteiger partial charge is 0.337 e. The average Bonchev–Trinajstić information content (AvgIpc) is 2.42. The normalized spacial score (nSPS) is 10.3. The molecule has 0 aliphatic heterocycles. The third kappa shape index (κ3) is 3.79. The van der Waals surface area contributed by atoms with Gasteiger partial charge in [-0.1, -0.05) is 46.3 Å². The van der Waals surface area contributed by atoms with Gasteiger partial charge in [0.2, 0.25) is 0 Å². The second-order valence-corrected chi connectivity index (χ2v) is 6.35. The lowest BCUT2D eigenvalue weighted by Crippen LogP contribution is -2.26. The molecule has 2 rings (SSSR count). The molecule has 2 aromatic rings. The third-order valence-electron chi connectivity index (χ3n) is 2.77. The first-order chi connectivity index (χ1) is 9.08. The predicted octanol–water partition coefficient (Wildman–Crippen LogP) is 4.33. The molecule has 0 N–H and O–H groups in total. The Bertz CT molecular complexity index is 586. The fourth-order valence-electron chi connectivity index (χ4n) is 1.80. The lowest BCUT2D eigenvalue weighted by molar-refractivity contribution is 0.0784. The monoisotopic (exact) mass is 429 g/mol. The molecule has 98 valence electrons. The molecule has 2 aromatic carbocycles. The van der Waals surface area contributed by atoms with Crippen LogP contribution < -0.4 is 0 Å². The second-order valence-electron chi connectivity index (χ2n) is 4.27. The van der Waals surface area contributed by atoms with Gasteiger partial charge in [-0.3, -0.25) is 4.79 Å². The van der Waals surface area contributed by atoms with Crippen LogP contribution >= 0.6 is 38.5 Å². The van der Waals surface area contributed by atoms with Crippen molar-refractivity contribution in [2.45, 2.75) is 6.54 Å². The number of hydrogen-bond donors (Lipinski definition) is 0. The van der Waals surface area contributed by atoms with Gasteiger partial charge in [-0.2, -0.15) is 0 Å². The molecular weight excluding hydrogens is 417 g/mol. The zero-order chi connectivity index (χ0) is 13.8. The van der Waals surface area contributed by atoms with Crippen LogP contribution in [-0.2, 0) is 6.54 Å². The molecule has 1 amide bonds. The molecule has 0 spiro atoms. The smallest absolute Gasteiger partial charge is 0.255 e. The molecular formula is C15H13BrINO. The molecule has 19 heavy (non-hydrogen) atoms. The molecule has 0 bridgehead atoms. The van der Waals surface area contributed by atoms with Crippen LogP contribution in [0.2, 0.25) is 0 Å². The fourth-order valence-corrected chi connectivity index (χ4v) is 2.72. The lowest BCUT2D eigenvalue weighted by atomic mass is 10.1. The van der Waals surface area contributed by atoms with Crippen LogP contribution in [0.4, 0.5) is 0 Å². The van der Waals surface area contributed by atoms with Crippen molar-refractivity contribution in [1.82, 2.24) is 4.90 Å². The summed E-state index contributed by atoms with van der Waals surface area (Å²) in [7, 11) is 1.83. The number of halogens is 2. The van der Waals surface area contributed by atoms with Crippen molar-refractivity contribution in [2.24, 2.45) is 0 Å². The molecule has 0 heterocycles. The van der Waals surface area contributed by atoms with Gasteiger partial charge in [-0.15, -0.1) is 0 Å². The summed E-state index contributed by atoms with van der Waals surface area (Å²) in [6.45, 7) is 0.613. The molecule has 2 nitrogen and oxygen atoms in total. The summed E-state index contributed by atoms with van der Waals surface area (Å²) in [6, 6.07) is 15.7. The molecule has 0 aromatic heterocycles. The van der Waals surface area contributed by atoms with E-state index in [1.54, 1.807) is 4.90 Å². The number of hydrogen-bond acceptors (Lipinski definition) is 1. The summed E-state index contributed by atoms with van der Waals surface area (Å²) in [4.78, 5) is 14.2. The maximum atomic E-state index is 12.4. The summed E-state index contributed by atoms with van der Waals surface area (Å²) in [5, 5.41) is 0. The van der Waals surface area contributed by atoms with E-state index >= 15 is 0 Å². The Balaban J connectivity index is 2.17. The third-order valence-corrected chi connectivity index (χ3v) is 4.20. The van der Waals surface area contributed by atoms with Crippen molar-refractivity contribution in [3.05, 3.63) is 67.7 Å². The molecule has 0 aliphatic rings. The van der Waals surface area contributed by atoms with Crippen molar-refractivity contribution in [3.63, 3.8) is 0 Å². The Labute approximate surface area is 135 Å². The molecule has 0 radical (unpaired) electrons. The minimum absolute atomic E-state index is 0.0366. The first-order valence-electron chi connectivity index (χ1n) is 5.82. The van der Waals surface area contributed by atoms with Gasteiger partial charge in [0, 0.05) is 21.6 Å². The van der Waals surface area contributed by atoms with E-state index in [9.17, 15) is 4.79 Å². The van der Waals surface area contributed by atoms with Gasteiger partial charge >= 0.3 is 0 Å². The van der Waals surface area contributed by atoms with Crippen LogP contribution in [0.15, 0.2) is 53.0 Å². The van der Waals surface area contributed by atoms with Crippen molar-refractivity contribution >= 4 is 44.4 Å². The Morgan fingerprint density at radius 3 is 2.58 bits per heavy atom. The fraction of sp³-hybridized carbons (Fsp3) is 0.133. The number of carbonyl (C=O) groups is 1. The highest BCUT2D eigenvalue weighted by Crippen LogP contribution is 2.20. The number of benzene rings is 2. The lowest BCUT2D eigenvalue weighted by Gasteiger charge is -2.18. The van der Waals surface area contributed by atoms with Crippen molar-refractivity contribution in [1.29, 1.82) is 0 Å². The molecule has 0 saturated heterocycles. The summed E-state index contributed by atoms with van der Waals surface area (Å²) in [6.07, 6.45) is 0. The summed E-state index contributed by atoms with van der Waals surface area (Å²) in [5.74, 6) is 0.0366. The SMILES string of the molecule is CN(Cc1ccccc1)C(=O)c1cc(Br)ccc1I. The molecule has 4 heteroatoms. The van der Waals surface area contributed by atoms with E-state index in [1.165, 1.54) is 0 Å². The van der Waals surface area contributed by atoms with Gasteiger partial charge in [-0.25, -0.2) is 0 Å². The number of amides is 1. The van der Waals surface area contributed by atoms with E-state index in [4.69, 9.17) is 0 Å². The molecule has 0 atom stereocenters. The Kier molecular flexibility index (Phi) is 4.99. The predicted molar refractivity (Wildman–Crippen MR) is 89.1 cm³/mol. The topological polar surface area (TPSA) is 20.3 Å². The van der Waals surface area contributed by atoms with Crippen LogP contribution in [-0.4, -0.2) is 17.9 Å². The van der Waals surface area contributed by atoms with Gasteiger partial charge in [0.25, 0.3) is 5.91 Å². The van der Waals surface area contributed by atoms with Gasteiger partial charge < -0.3 is 4.90 Å². The first kappa shape index (κ1) is 14.5. The van der Waals surface area contributed by atoms with Crippen molar-refractivity contribution < 1.29 is 4.79 Å². The van der Waals surface area contributed by atoms with Gasteiger partial charge in [-0.05, 0) is 46.4 Å². The van der Waals surface area contributed by atoms with Crippen LogP contribution in [0, 0.1) is 3.57 Å². The zero-order valence-corrected chi connectivity index (χ0v) is 14.2. The van der Waals surface area contributed by atoms with E-state index in [2.05, 4.69) is 38.5 Å². The van der Waals surface area contributed by atoms with Crippen molar-refractivity contribution in [3.8, 4) is 0 Å². The second kappa shape index (κ2) is 6.52. The maximum absolute atomic E-state index is 12.4. The van der Waals surface area contributed by atoms with Gasteiger partial charge in [0.15, 0.2) is 0 Å². The van der Waals surface area contributed by atoms with E-state index in [1.807, 2.05) is 55.6 Å². The standard InChI is InChI=1S/C15H13BrINO/c1-18(10-11-5-3-2-4-6-11)15(19)13-9-12(16)7-8-14(13)17/h2-9H,10H2,1H3. The van der Waals surface area contributed by atoms with Crippen LogP contribution in [0.25, 0.3) is 0 Å². The molecule has 0 unspecified atom stereocenters. The van der Waals surface area contributed by atoms with Crippen LogP contribution in [0.5, 0.6) is 0 Å². The molecule has 0 saturated carbocycles. The minimum Gasteiger partial charge on any atom is -0.337 e. The van der Waals surface area contributed by atoms with E-state index in [0.717, 1.165) is 19.2 Å². The average molecular weight is 430 g/mol. The van der Waals surface area contributed by atoms with E-state index in [0.29, 0.717) is 6.54 Å². The highest BCUT2D eigenvalue weighted by Gasteiger charge is 2.15.